The summed E-state index contributed by atoms with van der Waals surface area (Å²) in [6.45, 7) is 2.52. The number of urea groups is 1. The summed E-state index contributed by atoms with van der Waals surface area (Å²) in [5.41, 5.74) is -1.09. The second-order valence-electron chi connectivity index (χ2n) is 5.61. The Labute approximate surface area is 123 Å². The molecule has 116 valence electrons. The molecule has 0 atom stereocenters. The number of hydrogen-bond acceptors (Lipinski definition) is 4. The van der Waals surface area contributed by atoms with Crippen molar-refractivity contribution in [3.05, 3.63) is 0 Å². The Balaban J connectivity index is 2.01. The predicted molar refractivity (Wildman–Crippen MR) is 74.1 cm³/mol. The van der Waals surface area contributed by atoms with Crippen molar-refractivity contribution in [3.8, 4) is 0 Å². The molecular formula is C14H21N3O4. The number of barbiturate groups is 1. The minimum absolute atomic E-state index is 0.00917. The fraction of sp³-hybridized carbons (Fsp3) is 0.714. The Morgan fingerprint density at radius 3 is 2.57 bits per heavy atom. The second kappa shape index (κ2) is 6.24. The molecule has 0 radical (unpaired) electrons. The van der Waals surface area contributed by atoms with E-state index in [9.17, 15) is 19.2 Å². The number of carbonyl (C=O) groups excluding carboxylic acids is 4. The van der Waals surface area contributed by atoms with Crippen LogP contribution in [0, 0.1) is 5.41 Å². The Morgan fingerprint density at radius 2 is 1.95 bits per heavy atom. The van der Waals surface area contributed by atoms with Crippen molar-refractivity contribution in [2.75, 3.05) is 13.1 Å². The molecule has 2 aliphatic rings. The van der Waals surface area contributed by atoms with Gasteiger partial charge in [-0.3, -0.25) is 24.6 Å². The summed E-state index contributed by atoms with van der Waals surface area (Å²) in [5.74, 6) is -1.13. The summed E-state index contributed by atoms with van der Waals surface area (Å²) in [6.07, 6.45) is 3.44. The average molecular weight is 295 g/mol. The Bertz CT molecular complexity index is 469. The highest BCUT2D eigenvalue weighted by Crippen LogP contribution is 2.41. The van der Waals surface area contributed by atoms with E-state index in [1.807, 2.05) is 6.92 Å². The third kappa shape index (κ3) is 2.91. The number of imide groups is 2. The number of hydrogen-bond donors (Lipinski definition) is 2. The third-order valence-electron chi connectivity index (χ3n) is 4.15. The number of nitrogens with zero attached hydrogens (tertiary/aromatic N) is 1. The Kier molecular flexibility index (Phi) is 4.59. The van der Waals surface area contributed by atoms with Crippen molar-refractivity contribution < 1.29 is 19.2 Å². The van der Waals surface area contributed by atoms with Crippen molar-refractivity contribution in [1.82, 2.24) is 15.5 Å². The van der Waals surface area contributed by atoms with Gasteiger partial charge in [-0.25, -0.2) is 4.79 Å². The number of carbonyl (C=O) groups is 4. The molecule has 7 heteroatoms. The van der Waals surface area contributed by atoms with Crippen molar-refractivity contribution in [1.29, 1.82) is 0 Å². The van der Waals surface area contributed by atoms with Crippen LogP contribution in [0.5, 0.6) is 0 Å². The van der Waals surface area contributed by atoms with E-state index in [-0.39, 0.29) is 18.9 Å². The molecule has 1 saturated carbocycles. The lowest BCUT2D eigenvalue weighted by molar-refractivity contribution is -0.151. The van der Waals surface area contributed by atoms with E-state index in [1.54, 1.807) is 0 Å². The molecule has 1 aliphatic carbocycles. The van der Waals surface area contributed by atoms with Crippen LogP contribution >= 0.6 is 0 Å². The lowest BCUT2D eigenvalue weighted by atomic mass is 9.82. The highest BCUT2D eigenvalue weighted by molar-refractivity contribution is 6.19. The first-order valence-corrected chi connectivity index (χ1v) is 7.45. The number of nitrogens with one attached hydrogen (secondary N) is 2. The van der Waals surface area contributed by atoms with Crippen LogP contribution in [0.25, 0.3) is 0 Å². The van der Waals surface area contributed by atoms with E-state index >= 15 is 0 Å². The van der Waals surface area contributed by atoms with Gasteiger partial charge in [-0.15, -0.1) is 0 Å². The van der Waals surface area contributed by atoms with Gasteiger partial charge >= 0.3 is 6.03 Å². The summed E-state index contributed by atoms with van der Waals surface area (Å²) in [7, 11) is 0. The Morgan fingerprint density at radius 1 is 1.29 bits per heavy atom. The lowest BCUT2D eigenvalue weighted by Crippen LogP contribution is -2.63. The van der Waals surface area contributed by atoms with Crippen molar-refractivity contribution in [3.63, 3.8) is 0 Å². The molecule has 0 aromatic rings. The topological polar surface area (TPSA) is 95.6 Å². The molecule has 1 spiro atoms. The molecule has 0 aromatic heterocycles. The van der Waals surface area contributed by atoms with Crippen LogP contribution < -0.4 is 10.6 Å². The number of rotatable bonds is 5. The molecule has 2 N–H and O–H groups in total. The molecule has 0 aromatic carbocycles. The highest BCUT2D eigenvalue weighted by atomic mass is 16.2. The third-order valence-corrected chi connectivity index (χ3v) is 4.15. The van der Waals surface area contributed by atoms with Crippen LogP contribution in [0.4, 0.5) is 4.79 Å². The minimum atomic E-state index is -1.09. The highest BCUT2D eigenvalue weighted by Gasteiger charge is 2.54. The largest absolute Gasteiger partial charge is 0.356 e. The molecule has 0 unspecified atom stereocenters. The monoisotopic (exact) mass is 295 g/mol. The molecule has 21 heavy (non-hydrogen) atoms. The maximum atomic E-state index is 12.5. The first-order valence-electron chi connectivity index (χ1n) is 7.45. The van der Waals surface area contributed by atoms with E-state index in [4.69, 9.17) is 0 Å². The normalized spacial score (nSPS) is 20.8. The summed E-state index contributed by atoms with van der Waals surface area (Å²) in [4.78, 5) is 48.9. The van der Waals surface area contributed by atoms with Crippen molar-refractivity contribution >= 4 is 23.8 Å². The minimum Gasteiger partial charge on any atom is -0.356 e. The molecule has 1 aliphatic heterocycles. The summed E-state index contributed by atoms with van der Waals surface area (Å²) in [6, 6.07) is -0.717. The van der Waals surface area contributed by atoms with Gasteiger partial charge in [0.2, 0.25) is 17.7 Å². The van der Waals surface area contributed by atoms with E-state index < -0.39 is 23.3 Å². The molecular weight excluding hydrogens is 274 g/mol. The van der Waals surface area contributed by atoms with Gasteiger partial charge in [0.25, 0.3) is 0 Å². The van der Waals surface area contributed by atoms with Crippen molar-refractivity contribution in [2.45, 2.75) is 45.4 Å². The average Bonchev–Trinajstić information content (AvgIpc) is 2.94. The maximum absolute atomic E-state index is 12.5. The molecule has 0 bridgehead atoms. The van der Waals surface area contributed by atoms with Gasteiger partial charge in [0.15, 0.2) is 0 Å². The predicted octanol–water partition coefficient (Wildman–Crippen LogP) is 0.541. The van der Waals surface area contributed by atoms with Gasteiger partial charge in [0.1, 0.15) is 5.41 Å². The first kappa shape index (κ1) is 15.5. The summed E-state index contributed by atoms with van der Waals surface area (Å²) < 4.78 is 0. The zero-order chi connectivity index (χ0) is 15.5. The van der Waals surface area contributed by atoms with Crippen LogP contribution in [0.3, 0.4) is 0 Å². The van der Waals surface area contributed by atoms with E-state index in [0.29, 0.717) is 19.4 Å². The van der Waals surface area contributed by atoms with Gasteiger partial charge < -0.3 is 5.32 Å². The molecule has 1 saturated heterocycles. The number of amides is 5. The lowest BCUT2D eigenvalue weighted by Gasteiger charge is -2.36. The molecule has 7 nitrogen and oxygen atoms in total. The van der Waals surface area contributed by atoms with Crippen LogP contribution in [0.2, 0.25) is 0 Å². The van der Waals surface area contributed by atoms with Gasteiger partial charge in [-0.1, -0.05) is 19.8 Å². The van der Waals surface area contributed by atoms with Gasteiger partial charge in [-0.05, 0) is 19.3 Å². The van der Waals surface area contributed by atoms with Crippen LogP contribution in [0.1, 0.15) is 45.4 Å². The van der Waals surface area contributed by atoms with E-state index in [1.165, 1.54) is 0 Å². The standard InChI is InChI=1S/C14H21N3O4/c1-2-8-15-10(18)5-9-17-12(20)14(6-3-4-7-14)11(19)16-13(17)21/h2-9H2,1H3,(H,15,18)(H,16,19,21). The molecule has 5 amide bonds. The van der Waals surface area contributed by atoms with Crippen LogP contribution in [-0.2, 0) is 14.4 Å². The van der Waals surface area contributed by atoms with Gasteiger partial charge in [0, 0.05) is 19.5 Å². The second-order valence-corrected chi connectivity index (χ2v) is 5.61. The fourth-order valence-electron chi connectivity index (χ4n) is 2.92. The van der Waals surface area contributed by atoms with E-state index in [2.05, 4.69) is 10.6 Å². The Hall–Kier alpha value is -1.92. The fourth-order valence-corrected chi connectivity index (χ4v) is 2.92. The zero-order valence-corrected chi connectivity index (χ0v) is 12.2. The first-order chi connectivity index (χ1) is 10.0. The quantitative estimate of drug-likeness (QED) is 0.724. The van der Waals surface area contributed by atoms with Crippen LogP contribution in [-0.4, -0.2) is 41.7 Å². The molecule has 1 heterocycles. The SMILES string of the molecule is CCCNC(=O)CCN1C(=O)NC(=O)C2(CCCC2)C1=O. The molecule has 2 fully saturated rings. The zero-order valence-electron chi connectivity index (χ0n) is 12.2. The van der Waals surface area contributed by atoms with Gasteiger partial charge in [0.05, 0.1) is 0 Å². The smallest absolute Gasteiger partial charge is 0.330 e. The van der Waals surface area contributed by atoms with Gasteiger partial charge in [-0.2, -0.15) is 0 Å². The summed E-state index contributed by atoms with van der Waals surface area (Å²) >= 11 is 0. The maximum Gasteiger partial charge on any atom is 0.330 e. The summed E-state index contributed by atoms with van der Waals surface area (Å²) in [5, 5.41) is 4.95. The van der Waals surface area contributed by atoms with E-state index in [0.717, 1.165) is 24.2 Å². The molecule has 2 rings (SSSR count). The van der Waals surface area contributed by atoms with Crippen LogP contribution in [0.15, 0.2) is 0 Å². The van der Waals surface area contributed by atoms with Crippen molar-refractivity contribution in [2.24, 2.45) is 5.41 Å².